The van der Waals surface area contributed by atoms with Crippen LogP contribution in [0.1, 0.15) is 17.5 Å². The largest absolute Gasteiger partial charge is 0.342 e. The maximum Gasteiger partial charge on any atom is 0.222 e. The van der Waals surface area contributed by atoms with Gasteiger partial charge in [0.25, 0.3) is 0 Å². The van der Waals surface area contributed by atoms with Gasteiger partial charge < -0.3 is 4.90 Å². The molecule has 1 aliphatic rings. The lowest BCUT2D eigenvalue weighted by Crippen LogP contribution is -2.33. The van der Waals surface area contributed by atoms with E-state index in [2.05, 4.69) is 16.9 Å². The summed E-state index contributed by atoms with van der Waals surface area (Å²) in [7, 11) is -3.34. The summed E-state index contributed by atoms with van der Waals surface area (Å²) in [5, 5.41) is 0. The van der Waals surface area contributed by atoms with Crippen LogP contribution in [0.15, 0.2) is 60.7 Å². The monoisotopic (exact) mass is 386 g/mol. The average Bonchev–Trinajstić information content (AvgIpc) is 3.05. The Balaban J connectivity index is 1.42. The number of hydrogen-bond acceptors (Lipinski definition) is 3. The van der Waals surface area contributed by atoms with Crippen LogP contribution in [0, 0.1) is 5.92 Å². The molecule has 0 spiro atoms. The molecule has 1 saturated heterocycles. The van der Waals surface area contributed by atoms with Crippen LogP contribution in [-0.2, 0) is 27.7 Å². The highest BCUT2D eigenvalue weighted by atomic mass is 32.2. The molecule has 1 aliphatic heterocycles. The minimum Gasteiger partial charge on any atom is -0.342 e. The molecule has 0 saturated carbocycles. The molecule has 144 valence electrons. The van der Waals surface area contributed by atoms with E-state index in [1.165, 1.54) is 5.56 Å². The molecule has 1 N–H and O–H groups in total. The molecule has 1 fully saturated rings. The summed E-state index contributed by atoms with van der Waals surface area (Å²) in [4.78, 5) is 14.0. The van der Waals surface area contributed by atoms with Gasteiger partial charge in [0.15, 0.2) is 0 Å². The molecule has 27 heavy (non-hydrogen) atoms. The fourth-order valence-electron chi connectivity index (χ4n) is 3.33. The van der Waals surface area contributed by atoms with Crippen molar-refractivity contribution < 1.29 is 13.2 Å². The number of nitrogens with one attached hydrogen (secondary N) is 1. The number of aryl methyl sites for hydroxylation is 1. The number of carbonyl (C=O) groups is 1. The summed E-state index contributed by atoms with van der Waals surface area (Å²) in [5.74, 6) is 0.217. The van der Waals surface area contributed by atoms with Crippen LogP contribution in [0.5, 0.6) is 0 Å². The lowest BCUT2D eigenvalue weighted by molar-refractivity contribution is -0.127. The molecule has 2 aromatic carbocycles. The summed E-state index contributed by atoms with van der Waals surface area (Å²) in [5.41, 5.74) is 2.21. The third kappa shape index (κ3) is 6.19. The minimum absolute atomic E-state index is 0.0415. The van der Waals surface area contributed by atoms with Gasteiger partial charge in [-0.1, -0.05) is 60.7 Å². The molecule has 0 radical (unpaired) electrons. The molecule has 5 nitrogen and oxygen atoms in total. The van der Waals surface area contributed by atoms with Crippen molar-refractivity contribution in [2.75, 3.05) is 25.4 Å². The van der Waals surface area contributed by atoms with E-state index in [4.69, 9.17) is 0 Å². The Bertz CT molecular complexity index is 838. The standard InChI is InChI=1S/C21H26N2O3S/c24-21-15-20(17-23(21)13-11-18-7-3-1-4-8-18)16-22-27(25,26)14-12-19-9-5-2-6-10-19/h1-10,20,22H,11-17H2. The van der Waals surface area contributed by atoms with Gasteiger partial charge in [-0.15, -0.1) is 0 Å². The van der Waals surface area contributed by atoms with E-state index in [0.717, 1.165) is 12.0 Å². The van der Waals surface area contributed by atoms with Crippen molar-refractivity contribution in [3.05, 3.63) is 71.8 Å². The highest BCUT2D eigenvalue weighted by Crippen LogP contribution is 2.18. The number of benzene rings is 2. The van der Waals surface area contributed by atoms with Gasteiger partial charge >= 0.3 is 0 Å². The first-order valence-electron chi connectivity index (χ1n) is 9.35. The quantitative estimate of drug-likeness (QED) is 0.719. The van der Waals surface area contributed by atoms with E-state index in [9.17, 15) is 13.2 Å². The van der Waals surface area contributed by atoms with Crippen LogP contribution >= 0.6 is 0 Å². The Hall–Kier alpha value is -2.18. The number of rotatable bonds is 9. The number of nitrogens with zero attached hydrogens (tertiary/aromatic N) is 1. The van der Waals surface area contributed by atoms with Crippen molar-refractivity contribution in [1.82, 2.24) is 9.62 Å². The van der Waals surface area contributed by atoms with Crippen molar-refractivity contribution in [2.24, 2.45) is 5.92 Å². The molecule has 1 amide bonds. The van der Waals surface area contributed by atoms with E-state index in [1.807, 2.05) is 53.4 Å². The van der Waals surface area contributed by atoms with Gasteiger partial charge in [0.2, 0.25) is 15.9 Å². The van der Waals surface area contributed by atoms with E-state index in [1.54, 1.807) is 0 Å². The first-order chi connectivity index (χ1) is 13.0. The van der Waals surface area contributed by atoms with E-state index in [0.29, 0.717) is 32.5 Å². The summed E-state index contributed by atoms with van der Waals surface area (Å²) < 4.78 is 27.1. The van der Waals surface area contributed by atoms with Crippen molar-refractivity contribution in [1.29, 1.82) is 0 Å². The van der Waals surface area contributed by atoms with E-state index in [-0.39, 0.29) is 17.6 Å². The van der Waals surface area contributed by atoms with Crippen LogP contribution in [0.2, 0.25) is 0 Å². The Morgan fingerprint density at radius 1 is 0.926 bits per heavy atom. The van der Waals surface area contributed by atoms with Gasteiger partial charge in [0.1, 0.15) is 0 Å². The zero-order chi connectivity index (χ0) is 19.1. The first-order valence-corrected chi connectivity index (χ1v) is 11.0. The van der Waals surface area contributed by atoms with Gasteiger partial charge in [-0.2, -0.15) is 0 Å². The molecule has 0 aliphatic carbocycles. The summed E-state index contributed by atoms with van der Waals surface area (Å²) in [6.07, 6.45) is 1.72. The highest BCUT2D eigenvalue weighted by molar-refractivity contribution is 7.89. The molecule has 0 bridgehead atoms. The van der Waals surface area contributed by atoms with Crippen LogP contribution in [0.4, 0.5) is 0 Å². The lowest BCUT2D eigenvalue weighted by atomic mass is 10.1. The summed E-state index contributed by atoms with van der Waals surface area (Å²) >= 11 is 0. The van der Waals surface area contributed by atoms with Crippen molar-refractivity contribution >= 4 is 15.9 Å². The Kier molecular flexibility index (Phi) is 6.63. The smallest absolute Gasteiger partial charge is 0.222 e. The molecule has 1 atom stereocenters. The molecular weight excluding hydrogens is 360 g/mol. The van der Waals surface area contributed by atoms with Crippen molar-refractivity contribution in [3.63, 3.8) is 0 Å². The maximum absolute atomic E-state index is 12.2. The maximum atomic E-state index is 12.2. The fraction of sp³-hybridized carbons (Fsp3) is 0.381. The normalized spacial score (nSPS) is 17.4. The van der Waals surface area contributed by atoms with E-state index >= 15 is 0 Å². The summed E-state index contributed by atoms with van der Waals surface area (Å²) in [6, 6.07) is 19.7. The fourth-order valence-corrected chi connectivity index (χ4v) is 4.47. The molecule has 3 rings (SSSR count). The molecule has 2 aromatic rings. The van der Waals surface area contributed by atoms with Gasteiger partial charge in [0, 0.05) is 26.1 Å². The van der Waals surface area contributed by atoms with Crippen LogP contribution in [0.3, 0.4) is 0 Å². The molecule has 6 heteroatoms. The third-order valence-electron chi connectivity index (χ3n) is 4.90. The summed E-state index contributed by atoms with van der Waals surface area (Å²) in [6.45, 7) is 1.62. The van der Waals surface area contributed by atoms with Crippen molar-refractivity contribution in [3.8, 4) is 0 Å². The second-order valence-corrected chi connectivity index (χ2v) is 8.97. The van der Waals surface area contributed by atoms with Crippen LogP contribution in [-0.4, -0.2) is 44.6 Å². The van der Waals surface area contributed by atoms with Crippen LogP contribution < -0.4 is 4.72 Å². The number of sulfonamides is 1. The highest BCUT2D eigenvalue weighted by Gasteiger charge is 2.29. The Morgan fingerprint density at radius 2 is 1.52 bits per heavy atom. The molecular formula is C21H26N2O3S. The zero-order valence-corrected chi connectivity index (χ0v) is 16.2. The average molecular weight is 387 g/mol. The Morgan fingerprint density at radius 3 is 2.15 bits per heavy atom. The first kappa shape index (κ1) is 19.6. The minimum atomic E-state index is -3.34. The second kappa shape index (κ2) is 9.15. The lowest BCUT2D eigenvalue weighted by Gasteiger charge is -2.17. The van der Waals surface area contributed by atoms with Gasteiger partial charge in [-0.05, 0) is 29.9 Å². The topological polar surface area (TPSA) is 66.5 Å². The molecule has 1 heterocycles. The molecule has 1 unspecified atom stereocenters. The van der Waals surface area contributed by atoms with Gasteiger partial charge in [-0.3, -0.25) is 4.79 Å². The number of hydrogen-bond donors (Lipinski definition) is 1. The van der Waals surface area contributed by atoms with Gasteiger partial charge in [0.05, 0.1) is 5.75 Å². The predicted octanol–water partition coefficient (Wildman–Crippen LogP) is 2.24. The Labute approximate surface area is 161 Å². The predicted molar refractivity (Wildman–Crippen MR) is 107 cm³/mol. The number of likely N-dealkylation sites (tertiary alicyclic amines) is 1. The van der Waals surface area contributed by atoms with Crippen molar-refractivity contribution in [2.45, 2.75) is 19.3 Å². The second-order valence-electron chi connectivity index (χ2n) is 7.05. The van der Waals surface area contributed by atoms with Crippen LogP contribution in [0.25, 0.3) is 0 Å². The third-order valence-corrected chi connectivity index (χ3v) is 6.25. The van der Waals surface area contributed by atoms with Gasteiger partial charge in [-0.25, -0.2) is 13.1 Å². The number of amides is 1. The van der Waals surface area contributed by atoms with E-state index < -0.39 is 10.0 Å². The SMILES string of the molecule is O=C1CC(CNS(=O)(=O)CCc2ccccc2)CN1CCc1ccccc1. The number of carbonyl (C=O) groups excluding carboxylic acids is 1. The molecule has 0 aromatic heterocycles. The zero-order valence-electron chi connectivity index (χ0n) is 15.4.